The fraction of sp³-hybridized carbons (Fsp3) is 0.905. The van der Waals surface area contributed by atoms with Crippen LogP contribution in [0.3, 0.4) is 0 Å². The maximum absolute atomic E-state index is 12.5. The summed E-state index contributed by atoms with van der Waals surface area (Å²) >= 11 is 0. The van der Waals surface area contributed by atoms with Crippen LogP contribution >= 0.6 is 0 Å². The van der Waals surface area contributed by atoms with Gasteiger partial charge in [-0.3, -0.25) is 9.59 Å². The van der Waals surface area contributed by atoms with Gasteiger partial charge in [0.25, 0.3) is 0 Å². The Morgan fingerprint density at radius 1 is 0.778 bits per heavy atom. The zero-order chi connectivity index (χ0) is 20.7. The van der Waals surface area contributed by atoms with E-state index in [2.05, 4.69) is 13.8 Å². The number of esters is 2. The molecule has 2 atom stereocenters. The van der Waals surface area contributed by atoms with Crippen molar-refractivity contribution in [3.63, 3.8) is 0 Å². The third-order valence-electron chi connectivity index (χ3n) is 5.31. The lowest BCUT2D eigenvalue weighted by molar-refractivity contribution is -0.181. The molecule has 2 unspecified atom stereocenters. The molecule has 0 aliphatic rings. The van der Waals surface area contributed by atoms with Gasteiger partial charge in [-0.2, -0.15) is 0 Å². The quantitative estimate of drug-likeness (QED) is 0.311. The van der Waals surface area contributed by atoms with Crippen molar-refractivity contribution in [3.8, 4) is 0 Å². The van der Waals surface area contributed by atoms with E-state index in [1.54, 1.807) is 0 Å². The molecular weight excluding hydrogens is 348 g/mol. The number of aliphatic hydroxyl groups is 2. The van der Waals surface area contributed by atoms with Gasteiger partial charge in [0.2, 0.25) is 5.41 Å². The molecule has 6 nitrogen and oxygen atoms in total. The van der Waals surface area contributed by atoms with Gasteiger partial charge in [0.15, 0.2) is 0 Å². The molecule has 0 aromatic heterocycles. The Kier molecular flexibility index (Phi) is 14.2. The number of hydrogen-bond acceptors (Lipinski definition) is 6. The second-order valence-electron chi connectivity index (χ2n) is 7.43. The van der Waals surface area contributed by atoms with Crippen LogP contribution in [0.25, 0.3) is 0 Å². The lowest BCUT2D eigenvalue weighted by Crippen LogP contribution is -2.48. The maximum atomic E-state index is 12.5. The van der Waals surface area contributed by atoms with Crippen LogP contribution in [-0.4, -0.2) is 48.6 Å². The molecule has 6 heteroatoms. The summed E-state index contributed by atoms with van der Waals surface area (Å²) in [6.45, 7) is 6.93. The highest BCUT2D eigenvalue weighted by atomic mass is 16.6. The smallest absolute Gasteiger partial charge is 0.328 e. The average molecular weight is 389 g/mol. The summed E-state index contributed by atoms with van der Waals surface area (Å²) in [4.78, 5) is 25.0. The minimum atomic E-state index is -2.05. The van der Waals surface area contributed by atoms with Gasteiger partial charge in [0.05, 0.1) is 26.4 Å². The van der Waals surface area contributed by atoms with Gasteiger partial charge in [-0.15, -0.1) is 0 Å². The van der Waals surface area contributed by atoms with Gasteiger partial charge < -0.3 is 19.7 Å². The molecule has 0 aliphatic carbocycles. The summed E-state index contributed by atoms with van der Waals surface area (Å²) in [6, 6.07) is 0. The molecule has 0 spiro atoms. The monoisotopic (exact) mass is 388 g/mol. The van der Waals surface area contributed by atoms with Crippen molar-refractivity contribution in [1.82, 2.24) is 0 Å². The van der Waals surface area contributed by atoms with Crippen molar-refractivity contribution in [1.29, 1.82) is 0 Å². The molecule has 27 heavy (non-hydrogen) atoms. The Labute approximate surface area is 164 Å². The second-order valence-corrected chi connectivity index (χ2v) is 7.43. The summed E-state index contributed by atoms with van der Waals surface area (Å²) in [7, 11) is 0. The lowest BCUT2D eigenvalue weighted by Gasteiger charge is -2.27. The van der Waals surface area contributed by atoms with Gasteiger partial charge in [-0.05, 0) is 24.7 Å². The highest BCUT2D eigenvalue weighted by Crippen LogP contribution is 2.24. The maximum Gasteiger partial charge on any atom is 0.328 e. The minimum Gasteiger partial charge on any atom is -0.464 e. The van der Waals surface area contributed by atoms with Crippen molar-refractivity contribution in [2.45, 2.75) is 79.1 Å². The molecule has 0 heterocycles. The summed E-state index contributed by atoms with van der Waals surface area (Å²) in [5.74, 6) is -1.40. The van der Waals surface area contributed by atoms with Crippen LogP contribution in [0.1, 0.15) is 79.1 Å². The third kappa shape index (κ3) is 8.60. The predicted molar refractivity (Wildman–Crippen MR) is 105 cm³/mol. The van der Waals surface area contributed by atoms with Gasteiger partial charge in [-0.1, -0.05) is 66.2 Å². The van der Waals surface area contributed by atoms with E-state index < -0.39 is 30.6 Å². The van der Waals surface area contributed by atoms with Crippen molar-refractivity contribution in [3.05, 3.63) is 0 Å². The van der Waals surface area contributed by atoms with Crippen molar-refractivity contribution < 1.29 is 29.3 Å². The molecule has 0 bridgehead atoms. The van der Waals surface area contributed by atoms with E-state index in [0.717, 1.165) is 51.4 Å². The molecule has 0 fully saturated rings. The first kappa shape index (κ1) is 25.9. The van der Waals surface area contributed by atoms with E-state index in [4.69, 9.17) is 9.47 Å². The topological polar surface area (TPSA) is 93.1 Å². The predicted octanol–water partition coefficient (Wildman–Crippen LogP) is 3.48. The van der Waals surface area contributed by atoms with E-state index in [1.807, 2.05) is 13.8 Å². The highest BCUT2D eigenvalue weighted by molar-refractivity contribution is 6.00. The largest absolute Gasteiger partial charge is 0.464 e. The third-order valence-corrected chi connectivity index (χ3v) is 5.31. The zero-order valence-electron chi connectivity index (χ0n) is 17.7. The van der Waals surface area contributed by atoms with Gasteiger partial charge >= 0.3 is 11.9 Å². The first-order valence-electron chi connectivity index (χ1n) is 10.5. The Hall–Kier alpha value is -1.14. The van der Waals surface area contributed by atoms with Gasteiger partial charge in [-0.25, -0.2) is 0 Å². The fourth-order valence-corrected chi connectivity index (χ4v) is 2.85. The van der Waals surface area contributed by atoms with Gasteiger partial charge in [0, 0.05) is 0 Å². The van der Waals surface area contributed by atoms with Crippen molar-refractivity contribution in [2.24, 2.45) is 17.3 Å². The Morgan fingerprint density at radius 2 is 1.15 bits per heavy atom. The van der Waals surface area contributed by atoms with Crippen LogP contribution in [0, 0.1) is 17.3 Å². The molecule has 0 saturated carbocycles. The summed E-state index contributed by atoms with van der Waals surface area (Å²) in [5.41, 5.74) is -2.05. The highest BCUT2D eigenvalue weighted by Gasteiger charge is 2.49. The second kappa shape index (κ2) is 14.9. The van der Waals surface area contributed by atoms with E-state index >= 15 is 0 Å². The van der Waals surface area contributed by atoms with Crippen LogP contribution in [0.2, 0.25) is 0 Å². The zero-order valence-corrected chi connectivity index (χ0v) is 17.7. The number of carbonyl (C=O) groups excluding carboxylic acids is 2. The normalized spacial score (nSPS) is 13.9. The number of rotatable bonds is 16. The number of unbranched alkanes of at least 4 members (excludes halogenated alkanes) is 2. The average Bonchev–Trinajstić information content (AvgIpc) is 2.69. The Bertz CT molecular complexity index is 371. The Morgan fingerprint density at radius 3 is 1.41 bits per heavy atom. The lowest BCUT2D eigenvalue weighted by atomic mass is 9.90. The molecule has 2 N–H and O–H groups in total. The number of aliphatic hydroxyl groups excluding tert-OH is 2. The van der Waals surface area contributed by atoms with E-state index in [1.165, 1.54) is 0 Å². The van der Waals surface area contributed by atoms with E-state index in [0.29, 0.717) is 0 Å². The fourth-order valence-electron chi connectivity index (χ4n) is 2.85. The molecule has 0 aromatic carbocycles. The van der Waals surface area contributed by atoms with Crippen molar-refractivity contribution >= 4 is 11.9 Å². The number of hydrogen-bond donors (Lipinski definition) is 2. The van der Waals surface area contributed by atoms with E-state index in [9.17, 15) is 19.8 Å². The minimum absolute atomic E-state index is 0.179. The molecular formula is C21H40O6. The summed E-state index contributed by atoms with van der Waals surface area (Å²) in [5, 5.41) is 19.4. The molecule has 0 amide bonds. The molecule has 0 aliphatic heterocycles. The van der Waals surface area contributed by atoms with Crippen molar-refractivity contribution in [2.75, 3.05) is 26.4 Å². The molecule has 0 aromatic rings. The van der Waals surface area contributed by atoms with E-state index in [-0.39, 0.29) is 25.0 Å². The first-order valence-corrected chi connectivity index (χ1v) is 10.5. The summed E-state index contributed by atoms with van der Waals surface area (Å²) < 4.78 is 10.6. The standard InChI is InChI=1S/C21H40O6/c1-5-9-11-17(7-3)13-26-19(24)21(15-22,16-23)20(25)27-14-18(8-4)12-10-6-2/h17-18,22-23H,5-16H2,1-4H3. The number of carbonyl (C=O) groups is 2. The van der Waals surface area contributed by atoms with Gasteiger partial charge in [0.1, 0.15) is 0 Å². The van der Waals surface area contributed by atoms with Crippen LogP contribution in [0.5, 0.6) is 0 Å². The molecule has 0 radical (unpaired) electrons. The first-order chi connectivity index (χ1) is 12.9. The molecule has 0 saturated heterocycles. The molecule has 0 rings (SSSR count). The van der Waals surface area contributed by atoms with Crippen LogP contribution in [0.15, 0.2) is 0 Å². The SMILES string of the molecule is CCCCC(CC)COC(=O)C(CO)(CO)C(=O)OCC(CC)CCCC. The van der Waals surface area contributed by atoms with Crippen LogP contribution in [-0.2, 0) is 19.1 Å². The number of ether oxygens (including phenoxy) is 2. The molecule has 160 valence electrons. The Balaban J connectivity index is 4.86. The van der Waals surface area contributed by atoms with Crippen LogP contribution in [0.4, 0.5) is 0 Å². The van der Waals surface area contributed by atoms with Crippen LogP contribution < -0.4 is 0 Å². The summed E-state index contributed by atoms with van der Waals surface area (Å²) in [6.07, 6.45) is 7.79.